The zero-order valence-electron chi connectivity index (χ0n) is 16.5. The van der Waals surface area contributed by atoms with Gasteiger partial charge >= 0.3 is 6.18 Å². The Kier molecular flexibility index (Phi) is 7.45. The van der Waals surface area contributed by atoms with E-state index in [1.54, 1.807) is 12.5 Å². The van der Waals surface area contributed by atoms with Crippen LogP contribution in [0.2, 0.25) is 0 Å². The zero-order chi connectivity index (χ0) is 21.4. The van der Waals surface area contributed by atoms with Crippen molar-refractivity contribution in [1.82, 2.24) is 25.2 Å². The first-order valence-corrected chi connectivity index (χ1v) is 10.4. The number of guanidine groups is 1. The molecule has 0 aliphatic rings. The van der Waals surface area contributed by atoms with Crippen LogP contribution in [0.5, 0.6) is 0 Å². The van der Waals surface area contributed by atoms with Crippen molar-refractivity contribution in [2.24, 2.45) is 4.99 Å². The maximum Gasteiger partial charge on any atom is 0.434 e. The van der Waals surface area contributed by atoms with Gasteiger partial charge in [-0.2, -0.15) is 13.2 Å². The van der Waals surface area contributed by atoms with Gasteiger partial charge in [0.25, 0.3) is 0 Å². The van der Waals surface area contributed by atoms with Crippen molar-refractivity contribution in [2.45, 2.75) is 32.6 Å². The summed E-state index contributed by atoms with van der Waals surface area (Å²) in [5.74, 6) is 0.616. The number of aromatic nitrogens is 3. The van der Waals surface area contributed by atoms with Crippen molar-refractivity contribution in [3.8, 4) is 0 Å². The fourth-order valence-electron chi connectivity index (χ4n) is 2.77. The Bertz CT molecular complexity index is 950. The first-order valence-electron chi connectivity index (χ1n) is 9.51. The van der Waals surface area contributed by atoms with E-state index in [2.05, 4.69) is 37.7 Å². The fraction of sp³-hybridized carbons (Fsp3) is 0.350. The van der Waals surface area contributed by atoms with Crippen molar-refractivity contribution < 1.29 is 13.2 Å². The molecule has 160 valence electrons. The van der Waals surface area contributed by atoms with Gasteiger partial charge in [-0.15, -0.1) is 11.3 Å². The van der Waals surface area contributed by atoms with E-state index >= 15 is 0 Å². The lowest BCUT2D eigenvalue weighted by Gasteiger charge is -2.11. The molecule has 0 aliphatic heterocycles. The molecule has 2 N–H and O–H groups in total. The summed E-state index contributed by atoms with van der Waals surface area (Å²) in [5.41, 5.74) is 1.39. The van der Waals surface area contributed by atoms with Gasteiger partial charge in [-0.3, -0.25) is 0 Å². The molecule has 2 heterocycles. The lowest BCUT2D eigenvalue weighted by atomic mass is 10.1. The van der Waals surface area contributed by atoms with Crippen molar-refractivity contribution in [2.75, 3.05) is 13.1 Å². The molecular weight excluding hydrogens is 413 g/mol. The first kappa shape index (κ1) is 21.8. The third kappa shape index (κ3) is 6.58. The Morgan fingerprint density at radius 2 is 2.07 bits per heavy atom. The van der Waals surface area contributed by atoms with Crippen molar-refractivity contribution >= 4 is 17.3 Å². The molecule has 0 saturated carbocycles. The molecule has 0 fully saturated rings. The van der Waals surface area contributed by atoms with Gasteiger partial charge in [-0.1, -0.05) is 24.3 Å². The Morgan fingerprint density at radius 1 is 1.23 bits per heavy atom. The SMILES string of the molecule is CCNC(=NCc1cccc(Cn2ccnc2)c1)NCCc1nc(C(F)(F)F)cs1. The Hall–Kier alpha value is -2.88. The fourth-order valence-corrected chi connectivity index (χ4v) is 3.58. The van der Waals surface area contributed by atoms with E-state index in [-0.39, 0.29) is 0 Å². The quantitative estimate of drug-likeness (QED) is 0.417. The van der Waals surface area contributed by atoms with Crippen molar-refractivity contribution in [3.05, 3.63) is 70.2 Å². The largest absolute Gasteiger partial charge is 0.434 e. The van der Waals surface area contributed by atoms with Gasteiger partial charge in [0.15, 0.2) is 11.7 Å². The molecule has 0 bridgehead atoms. The molecule has 0 aliphatic carbocycles. The summed E-state index contributed by atoms with van der Waals surface area (Å²) < 4.78 is 39.9. The van der Waals surface area contributed by atoms with Crippen LogP contribution in [0.1, 0.15) is 28.8 Å². The molecule has 3 rings (SSSR count). The summed E-state index contributed by atoms with van der Waals surface area (Å²) >= 11 is 1.02. The average molecular weight is 437 g/mol. The summed E-state index contributed by atoms with van der Waals surface area (Å²) in [7, 11) is 0. The van der Waals surface area contributed by atoms with Crippen LogP contribution in [-0.2, 0) is 25.7 Å². The molecule has 3 aromatic rings. The summed E-state index contributed by atoms with van der Waals surface area (Å²) in [6.07, 6.45) is 1.44. The van der Waals surface area contributed by atoms with Gasteiger partial charge in [0, 0.05) is 43.8 Å². The van der Waals surface area contributed by atoms with Gasteiger partial charge in [0.1, 0.15) is 0 Å². The molecule has 30 heavy (non-hydrogen) atoms. The maximum atomic E-state index is 12.6. The molecule has 0 amide bonds. The van der Waals surface area contributed by atoms with Crippen LogP contribution in [-0.4, -0.2) is 33.6 Å². The molecule has 0 spiro atoms. The van der Waals surface area contributed by atoms with Gasteiger partial charge in [-0.05, 0) is 18.1 Å². The predicted molar refractivity (Wildman–Crippen MR) is 111 cm³/mol. The summed E-state index contributed by atoms with van der Waals surface area (Å²) in [4.78, 5) is 12.3. The predicted octanol–water partition coefficient (Wildman–Crippen LogP) is 3.70. The average Bonchev–Trinajstić information content (AvgIpc) is 3.38. The van der Waals surface area contributed by atoms with Gasteiger partial charge in [0.2, 0.25) is 0 Å². The molecule has 1 aromatic carbocycles. The Balaban J connectivity index is 1.54. The third-order valence-electron chi connectivity index (χ3n) is 4.15. The lowest BCUT2D eigenvalue weighted by molar-refractivity contribution is -0.140. The summed E-state index contributed by atoms with van der Waals surface area (Å²) in [6.45, 7) is 4.31. The number of hydrogen-bond donors (Lipinski definition) is 2. The molecule has 10 heteroatoms. The van der Waals surface area contributed by atoms with E-state index in [9.17, 15) is 13.2 Å². The van der Waals surface area contributed by atoms with Crippen LogP contribution < -0.4 is 10.6 Å². The van der Waals surface area contributed by atoms with E-state index in [0.29, 0.717) is 37.0 Å². The highest BCUT2D eigenvalue weighted by molar-refractivity contribution is 7.09. The minimum absolute atomic E-state index is 0.394. The monoisotopic (exact) mass is 436 g/mol. The van der Waals surface area contributed by atoms with Crippen molar-refractivity contribution in [1.29, 1.82) is 0 Å². The van der Waals surface area contributed by atoms with Crippen LogP contribution in [0, 0.1) is 0 Å². The Morgan fingerprint density at radius 3 is 2.77 bits per heavy atom. The molecule has 0 saturated heterocycles. The standard InChI is InChI=1S/C20H23F3N6S/c1-2-25-19(26-7-6-18-28-17(13-30-18)20(21,22)23)27-11-15-4-3-5-16(10-15)12-29-9-8-24-14-29/h3-5,8-10,13-14H,2,6-7,11-12H2,1H3,(H2,25,26,27). The smallest absolute Gasteiger partial charge is 0.357 e. The van der Waals surface area contributed by atoms with E-state index in [0.717, 1.165) is 34.4 Å². The normalized spacial score (nSPS) is 12.2. The van der Waals surface area contributed by atoms with Crippen LogP contribution in [0.4, 0.5) is 13.2 Å². The summed E-state index contributed by atoms with van der Waals surface area (Å²) in [6, 6.07) is 8.16. The lowest BCUT2D eigenvalue weighted by Crippen LogP contribution is -2.38. The molecular formula is C20H23F3N6S. The number of hydrogen-bond acceptors (Lipinski definition) is 4. The van der Waals surface area contributed by atoms with E-state index in [1.807, 2.05) is 29.8 Å². The van der Waals surface area contributed by atoms with Gasteiger partial charge < -0.3 is 15.2 Å². The molecule has 2 aromatic heterocycles. The number of alkyl halides is 3. The second-order valence-corrected chi connectivity index (χ2v) is 7.49. The number of benzene rings is 1. The zero-order valence-corrected chi connectivity index (χ0v) is 17.3. The molecule has 0 unspecified atom stereocenters. The number of nitrogens with one attached hydrogen (secondary N) is 2. The topological polar surface area (TPSA) is 67.1 Å². The van der Waals surface area contributed by atoms with Gasteiger partial charge in [-0.25, -0.2) is 15.0 Å². The van der Waals surface area contributed by atoms with Crippen LogP contribution in [0.15, 0.2) is 53.4 Å². The van der Waals surface area contributed by atoms with Crippen molar-refractivity contribution in [3.63, 3.8) is 0 Å². The number of nitrogens with zero attached hydrogens (tertiary/aromatic N) is 4. The van der Waals surface area contributed by atoms with E-state index in [4.69, 9.17) is 0 Å². The Labute approximate surface area is 176 Å². The minimum Gasteiger partial charge on any atom is -0.357 e. The van der Waals surface area contributed by atoms with Crippen LogP contribution in [0.25, 0.3) is 0 Å². The molecule has 0 atom stereocenters. The maximum absolute atomic E-state index is 12.6. The van der Waals surface area contributed by atoms with Crippen LogP contribution >= 0.6 is 11.3 Å². The number of aliphatic imine (C=N–C) groups is 1. The van der Waals surface area contributed by atoms with Crippen LogP contribution in [0.3, 0.4) is 0 Å². The molecule has 6 nitrogen and oxygen atoms in total. The number of imidazole rings is 1. The third-order valence-corrected chi connectivity index (χ3v) is 5.06. The highest BCUT2D eigenvalue weighted by atomic mass is 32.1. The van der Waals surface area contributed by atoms with E-state index in [1.165, 1.54) is 0 Å². The highest BCUT2D eigenvalue weighted by Crippen LogP contribution is 2.29. The number of rotatable bonds is 8. The second-order valence-electron chi connectivity index (χ2n) is 6.55. The molecule has 0 radical (unpaired) electrons. The second kappa shape index (κ2) is 10.2. The minimum atomic E-state index is -4.40. The number of halogens is 3. The highest BCUT2D eigenvalue weighted by Gasteiger charge is 2.33. The number of thiazole rings is 1. The van der Waals surface area contributed by atoms with E-state index < -0.39 is 11.9 Å². The summed E-state index contributed by atoms with van der Waals surface area (Å²) in [5, 5.41) is 7.79. The van der Waals surface area contributed by atoms with Gasteiger partial charge in [0.05, 0.1) is 17.9 Å². The first-order chi connectivity index (χ1) is 14.4.